The van der Waals surface area contributed by atoms with Crippen molar-refractivity contribution in [3.63, 3.8) is 0 Å². The van der Waals surface area contributed by atoms with Gasteiger partial charge in [0.05, 0.1) is 4.90 Å². The first-order valence-corrected chi connectivity index (χ1v) is 10.0. The summed E-state index contributed by atoms with van der Waals surface area (Å²) in [6.45, 7) is 9.72. The second-order valence-electron chi connectivity index (χ2n) is 5.99. The lowest BCUT2D eigenvalue weighted by molar-refractivity contribution is 0.395. The molecule has 3 nitrogen and oxygen atoms in total. The van der Waals surface area contributed by atoms with Crippen LogP contribution in [0.25, 0.3) is 0 Å². The van der Waals surface area contributed by atoms with Crippen LogP contribution in [0.5, 0.6) is 0 Å². The number of unbranched alkanes of at least 4 members (excludes halogenated alkanes) is 2. The standard InChI is InChI=1S/C18H31NO2S/c1-5-8-14-19(15-9-6-2)22(20,21)18-12-10-17(11-13-18)16(4)7-3/h10-13,16H,5-9,14-15H2,1-4H3. The van der Waals surface area contributed by atoms with Crippen LogP contribution in [0.15, 0.2) is 29.2 Å². The maximum Gasteiger partial charge on any atom is 0.243 e. The Morgan fingerprint density at radius 3 is 1.86 bits per heavy atom. The van der Waals surface area contributed by atoms with Crippen LogP contribution in [0, 0.1) is 0 Å². The van der Waals surface area contributed by atoms with Gasteiger partial charge >= 0.3 is 0 Å². The van der Waals surface area contributed by atoms with E-state index in [-0.39, 0.29) is 0 Å². The molecule has 4 heteroatoms. The predicted octanol–water partition coefficient (Wildman–Crippen LogP) is 4.79. The van der Waals surface area contributed by atoms with E-state index in [9.17, 15) is 8.42 Å². The summed E-state index contributed by atoms with van der Waals surface area (Å²) < 4.78 is 27.3. The van der Waals surface area contributed by atoms with Crippen molar-refractivity contribution in [1.82, 2.24) is 4.31 Å². The van der Waals surface area contributed by atoms with Gasteiger partial charge in [0, 0.05) is 13.1 Å². The smallest absolute Gasteiger partial charge is 0.207 e. The molecule has 0 aliphatic heterocycles. The topological polar surface area (TPSA) is 37.4 Å². The zero-order valence-corrected chi connectivity index (χ0v) is 15.3. The summed E-state index contributed by atoms with van der Waals surface area (Å²) in [5.41, 5.74) is 1.20. The fourth-order valence-corrected chi connectivity index (χ4v) is 3.89. The highest BCUT2D eigenvalue weighted by molar-refractivity contribution is 7.89. The molecule has 0 saturated carbocycles. The lowest BCUT2D eigenvalue weighted by Crippen LogP contribution is -2.33. The van der Waals surface area contributed by atoms with E-state index in [1.165, 1.54) is 5.56 Å². The van der Waals surface area contributed by atoms with Crippen LogP contribution >= 0.6 is 0 Å². The van der Waals surface area contributed by atoms with E-state index in [2.05, 4.69) is 27.7 Å². The number of sulfonamides is 1. The van der Waals surface area contributed by atoms with Crippen molar-refractivity contribution in [2.24, 2.45) is 0 Å². The normalized spacial score (nSPS) is 13.5. The van der Waals surface area contributed by atoms with E-state index in [4.69, 9.17) is 0 Å². The van der Waals surface area contributed by atoms with Crippen molar-refractivity contribution in [1.29, 1.82) is 0 Å². The van der Waals surface area contributed by atoms with Crippen molar-refractivity contribution >= 4 is 10.0 Å². The molecule has 0 aromatic heterocycles. The average molecular weight is 326 g/mol. The molecule has 0 N–H and O–H groups in total. The van der Waals surface area contributed by atoms with Crippen LogP contribution < -0.4 is 0 Å². The minimum atomic E-state index is -3.36. The molecule has 0 amide bonds. The van der Waals surface area contributed by atoms with E-state index < -0.39 is 10.0 Å². The zero-order chi connectivity index (χ0) is 16.6. The molecule has 22 heavy (non-hydrogen) atoms. The first kappa shape index (κ1) is 19.2. The minimum Gasteiger partial charge on any atom is -0.207 e. The Balaban J connectivity index is 2.97. The van der Waals surface area contributed by atoms with Gasteiger partial charge in [0.15, 0.2) is 0 Å². The van der Waals surface area contributed by atoms with Crippen molar-refractivity contribution in [3.8, 4) is 0 Å². The summed E-state index contributed by atoms with van der Waals surface area (Å²) in [5, 5.41) is 0. The Bertz CT molecular complexity index is 515. The first-order chi connectivity index (χ1) is 10.5. The highest BCUT2D eigenvalue weighted by Crippen LogP contribution is 2.22. The quantitative estimate of drug-likeness (QED) is 0.620. The van der Waals surface area contributed by atoms with Crippen molar-refractivity contribution in [2.75, 3.05) is 13.1 Å². The highest BCUT2D eigenvalue weighted by Gasteiger charge is 2.23. The summed E-state index contributed by atoms with van der Waals surface area (Å²) in [4.78, 5) is 0.423. The van der Waals surface area contributed by atoms with Crippen LogP contribution in [0.1, 0.15) is 71.3 Å². The summed E-state index contributed by atoms with van der Waals surface area (Å²) in [5.74, 6) is 0.466. The van der Waals surface area contributed by atoms with Gasteiger partial charge in [0.2, 0.25) is 10.0 Å². The number of benzene rings is 1. The van der Waals surface area contributed by atoms with Crippen LogP contribution in [0.3, 0.4) is 0 Å². The molecular weight excluding hydrogens is 294 g/mol. The van der Waals surface area contributed by atoms with E-state index in [0.29, 0.717) is 23.9 Å². The largest absolute Gasteiger partial charge is 0.243 e. The van der Waals surface area contributed by atoms with Gasteiger partial charge in [0.25, 0.3) is 0 Å². The predicted molar refractivity (Wildman–Crippen MR) is 93.7 cm³/mol. The van der Waals surface area contributed by atoms with Gasteiger partial charge in [-0.3, -0.25) is 0 Å². The highest BCUT2D eigenvalue weighted by atomic mass is 32.2. The summed E-state index contributed by atoms with van der Waals surface area (Å²) in [6, 6.07) is 7.45. The number of rotatable bonds is 10. The second kappa shape index (κ2) is 9.31. The third-order valence-electron chi connectivity index (χ3n) is 4.22. The molecule has 1 rings (SSSR count). The first-order valence-electron chi connectivity index (χ1n) is 8.57. The number of hydrogen-bond acceptors (Lipinski definition) is 2. The van der Waals surface area contributed by atoms with Gasteiger partial charge in [-0.05, 0) is 42.9 Å². The Morgan fingerprint density at radius 1 is 0.955 bits per heavy atom. The minimum absolute atomic E-state index is 0.423. The molecule has 1 aromatic carbocycles. The second-order valence-corrected chi connectivity index (χ2v) is 7.93. The van der Waals surface area contributed by atoms with E-state index >= 15 is 0 Å². The van der Waals surface area contributed by atoms with Gasteiger partial charge in [-0.25, -0.2) is 8.42 Å². The summed E-state index contributed by atoms with van der Waals surface area (Å²) in [6.07, 6.45) is 4.89. The molecule has 0 aliphatic rings. The molecule has 1 unspecified atom stereocenters. The van der Waals surface area contributed by atoms with E-state index in [0.717, 1.165) is 32.1 Å². The Kier molecular flexibility index (Phi) is 8.12. The van der Waals surface area contributed by atoms with E-state index in [1.807, 2.05) is 12.1 Å². The Hall–Kier alpha value is -0.870. The van der Waals surface area contributed by atoms with Crippen LogP contribution in [0.2, 0.25) is 0 Å². The molecule has 0 bridgehead atoms. The zero-order valence-electron chi connectivity index (χ0n) is 14.5. The third-order valence-corrected chi connectivity index (χ3v) is 6.13. The van der Waals surface area contributed by atoms with Gasteiger partial charge < -0.3 is 0 Å². The lowest BCUT2D eigenvalue weighted by atomic mass is 9.99. The van der Waals surface area contributed by atoms with Crippen LogP contribution in [-0.2, 0) is 10.0 Å². The third kappa shape index (κ3) is 5.10. The molecule has 126 valence electrons. The molecule has 0 radical (unpaired) electrons. The van der Waals surface area contributed by atoms with Crippen molar-refractivity contribution in [3.05, 3.63) is 29.8 Å². The summed E-state index contributed by atoms with van der Waals surface area (Å²) in [7, 11) is -3.36. The lowest BCUT2D eigenvalue weighted by Gasteiger charge is -2.22. The fourth-order valence-electron chi connectivity index (χ4n) is 2.37. The number of hydrogen-bond donors (Lipinski definition) is 0. The van der Waals surface area contributed by atoms with Gasteiger partial charge in [-0.2, -0.15) is 4.31 Å². The van der Waals surface area contributed by atoms with Gasteiger partial charge in [-0.15, -0.1) is 0 Å². The fraction of sp³-hybridized carbons (Fsp3) is 0.667. The molecular formula is C18H31NO2S. The van der Waals surface area contributed by atoms with Gasteiger partial charge in [0.1, 0.15) is 0 Å². The SMILES string of the molecule is CCCCN(CCCC)S(=O)(=O)c1ccc(C(C)CC)cc1. The molecule has 0 aliphatic carbocycles. The maximum absolute atomic E-state index is 12.8. The van der Waals surface area contributed by atoms with Crippen molar-refractivity contribution < 1.29 is 8.42 Å². The molecule has 1 aromatic rings. The molecule has 0 heterocycles. The Morgan fingerprint density at radius 2 is 1.45 bits per heavy atom. The molecule has 0 saturated heterocycles. The maximum atomic E-state index is 12.8. The molecule has 0 fully saturated rings. The number of nitrogens with zero attached hydrogens (tertiary/aromatic N) is 1. The average Bonchev–Trinajstić information content (AvgIpc) is 2.54. The van der Waals surface area contributed by atoms with Crippen LogP contribution in [-0.4, -0.2) is 25.8 Å². The Labute approximate surface area is 136 Å². The summed E-state index contributed by atoms with van der Waals surface area (Å²) >= 11 is 0. The van der Waals surface area contributed by atoms with E-state index in [1.54, 1.807) is 16.4 Å². The van der Waals surface area contributed by atoms with Gasteiger partial charge in [-0.1, -0.05) is 52.7 Å². The molecule has 0 spiro atoms. The van der Waals surface area contributed by atoms with Crippen LogP contribution in [0.4, 0.5) is 0 Å². The monoisotopic (exact) mass is 325 g/mol. The molecule has 1 atom stereocenters. The van der Waals surface area contributed by atoms with Crippen molar-refractivity contribution in [2.45, 2.75) is 70.6 Å².